The minimum absolute atomic E-state index is 0.0565. The molecular formula is C6H9IN2O. The quantitative estimate of drug-likeness (QED) is 0.567. The number of aryl methyl sites for hydroxylation is 1. The van der Waals surface area contributed by atoms with Gasteiger partial charge in [0, 0.05) is 6.92 Å². The summed E-state index contributed by atoms with van der Waals surface area (Å²) in [5.74, 6) is 1.31. The van der Waals surface area contributed by atoms with Crippen LogP contribution in [0, 0.1) is 6.92 Å². The number of rotatable bonds is 1. The Hall–Kier alpha value is -0.130. The SMILES string of the molecule is Cc1nnc(C(C)(C)I)o1. The van der Waals surface area contributed by atoms with Gasteiger partial charge in [-0.3, -0.25) is 0 Å². The first-order chi connectivity index (χ1) is 4.50. The molecule has 0 unspecified atom stereocenters. The highest BCUT2D eigenvalue weighted by molar-refractivity contribution is 14.1. The molecule has 0 spiro atoms. The summed E-state index contributed by atoms with van der Waals surface area (Å²) in [6.45, 7) is 5.85. The highest BCUT2D eigenvalue weighted by Gasteiger charge is 2.22. The van der Waals surface area contributed by atoms with Crippen molar-refractivity contribution in [3.8, 4) is 0 Å². The van der Waals surface area contributed by atoms with Crippen LogP contribution in [0.3, 0.4) is 0 Å². The molecule has 0 aliphatic carbocycles. The third-order valence-corrected chi connectivity index (χ3v) is 1.50. The van der Waals surface area contributed by atoms with E-state index < -0.39 is 0 Å². The minimum Gasteiger partial charge on any atom is -0.424 e. The predicted molar refractivity (Wildman–Crippen MR) is 46.1 cm³/mol. The van der Waals surface area contributed by atoms with Crippen LogP contribution in [0.1, 0.15) is 25.6 Å². The van der Waals surface area contributed by atoms with E-state index in [2.05, 4.69) is 32.8 Å². The summed E-state index contributed by atoms with van der Waals surface area (Å²) in [7, 11) is 0. The van der Waals surface area contributed by atoms with Gasteiger partial charge in [-0.15, -0.1) is 10.2 Å². The smallest absolute Gasteiger partial charge is 0.231 e. The van der Waals surface area contributed by atoms with Crippen molar-refractivity contribution in [1.82, 2.24) is 10.2 Å². The Morgan fingerprint density at radius 1 is 1.40 bits per heavy atom. The van der Waals surface area contributed by atoms with E-state index in [-0.39, 0.29) is 3.42 Å². The lowest BCUT2D eigenvalue weighted by molar-refractivity contribution is 0.440. The monoisotopic (exact) mass is 252 g/mol. The van der Waals surface area contributed by atoms with Crippen molar-refractivity contribution in [1.29, 1.82) is 0 Å². The van der Waals surface area contributed by atoms with Gasteiger partial charge in [0.2, 0.25) is 11.8 Å². The van der Waals surface area contributed by atoms with Gasteiger partial charge in [-0.25, -0.2) is 0 Å². The maximum absolute atomic E-state index is 5.22. The second-order valence-corrected chi connectivity index (χ2v) is 5.30. The van der Waals surface area contributed by atoms with Gasteiger partial charge >= 0.3 is 0 Å². The van der Waals surface area contributed by atoms with Gasteiger partial charge < -0.3 is 4.42 Å². The van der Waals surface area contributed by atoms with Crippen LogP contribution in [-0.4, -0.2) is 10.2 Å². The molecule has 0 N–H and O–H groups in total. The number of alkyl halides is 1. The Kier molecular flexibility index (Phi) is 1.98. The zero-order valence-corrected chi connectivity index (χ0v) is 8.34. The Bertz CT molecular complexity index is 226. The van der Waals surface area contributed by atoms with Crippen molar-refractivity contribution in [2.75, 3.05) is 0 Å². The molecule has 0 aromatic carbocycles. The molecule has 0 amide bonds. The lowest BCUT2D eigenvalue weighted by Crippen LogP contribution is -2.06. The second-order valence-electron chi connectivity index (χ2n) is 2.60. The van der Waals surface area contributed by atoms with E-state index in [9.17, 15) is 0 Å². The van der Waals surface area contributed by atoms with Crippen LogP contribution in [0.25, 0.3) is 0 Å². The third kappa shape index (κ3) is 1.68. The Morgan fingerprint density at radius 3 is 2.20 bits per heavy atom. The third-order valence-electron chi connectivity index (χ3n) is 1.03. The van der Waals surface area contributed by atoms with Gasteiger partial charge in [0.15, 0.2) is 0 Å². The Labute approximate surface area is 73.4 Å². The highest BCUT2D eigenvalue weighted by Crippen LogP contribution is 2.28. The molecule has 10 heavy (non-hydrogen) atoms. The van der Waals surface area contributed by atoms with Crippen LogP contribution in [0.5, 0.6) is 0 Å². The summed E-state index contributed by atoms with van der Waals surface area (Å²) < 4.78 is 5.16. The first kappa shape index (κ1) is 7.97. The molecule has 0 bridgehead atoms. The molecule has 56 valence electrons. The average molecular weight is 252 g/mol. The van der Waals surface area contributed by atoms with Crippen LogP contribution < -0.4 is 0 Å². The molecule has 1 rings (SSSR count). The molecule has 1 aromatic rings. The zero-order valence-electron chi connectivity index (χ0n) is 6.18. The van der Waals surface area contributed by atoms with E-state index in [4.69, 9.17) is 4.42 Å². The number of hydrogen-bond acceptors (Lipinski definition) is 3. The predicted octanol–water partition coefficient (Wildman–Crippen LogP) is 2.05. The molecule has 3 nitrogen and oxygen atoms in total. The molecule has 0 saturated heterocycles. The van der Waals surface area contributed by atoms with Crippen LogP contribution in [0.15, 0.2) is 4.42 Å². The summed E-state index contributed by atoms with van der Waals surface area (Å²) in [6.07, 6.45) is 0. The fraction of sp³-hybridized carbons (Fsp3) is 0.667. The normalized spacial score (nSPS) is 12.0. The van der Waals surface area contributed by atoms with E-state index in [1.54, 1.807) is 6.92 Å². The fourth-order valence-corrected chi connectivity index (χ4v) is 0.755. The maximum Gasteiger partial charge on any atom is 0.231 e. The molecule has 0 aliphatic heterocycles. The second kappa shape index (κ2) is 2.48. The topological polar surface area (TPSA) is 38.9 Å². The lowest BCUT2D eigenvalue weighted by atomic mass is 10.2. The number of halogens is 1. The zero-order chi connectivity index (χ0) is 7.78. The summed E-state index contributed by atoms with van der Waals surface area (Å²) in [6, 6.07) is 0. The van der Waals surface area contributed by atoms with Crippen LogP contribution in [0.4, 0.5) is 0 Å². The van der Waals surface area contributed by atoms with Gasteiger partial charge in [0.1, 0.15) is 0 Å². The molecule has 0 radical (unpaired) electrons. The van der Waals surface area contributed by atoms with Gasteiger partial charge in [0.05, 0.1) is 3.42 Å². The van der Waals surface area contributed by atoms with Crippen molar-refractivity contribution in [2.45, 2.75) is 24.2 Å². The van der Waals surface area contributed by atoms with Crippen molar-refractivity contribution in [3.05, 3.63) is 11.8 Å². The van der Waals surface area contributed by atoms with Crippen LogP contribution in [0.2, 0.25) is 0 Å². The number of aromatic nitrogens is 2. The van der Waals surface area contributed by atoms with E-state index in [0.717, 1.165) is 0 Å². The molecular weight excluding hydrogens is 243 g/mol. The molecule has 0 fully saturated rings. The van der Waals surface area contributed by atoms with Crippen LogP contribution >= 0.6 is 22.6 Å². The fourth-order valence-electron chi connectivity index (χ4n) is 0.537. The standard InChI is InChI=1S/C6H9IN2O/c1-4-8-9-5(10-4)6(2,3)7/h1-3H3. The summed E-state index contributed by atoms with van der Waals surface area (Å²) in [5, 5.41) is 7.62. The Morgan fingerprint density at radius 2 is 2.00 bits per heavy atom. The minimum atomic E-state index is -0.0565. The van der Waals surface area contributed by atoms with Crippen molar-refractivity contribution < 1.29 is 4.42 Å². The van der Waals surface area contributed by atoms with Crippen molar-refractivity contribution in [2.24, 2.45) is 0 Å². The van der Waals surface area contributed by atoms with Gasteiger partial charge in [0.25, 0.3) is 0 Å². The van der Waals surface area contributed by atoms with Gasteiger partial charge in [-0.1, -0.05) is 22.6 Å². The van der Waals surface area contributed by atoms with Gasteiger partial charge in [-0.2, -0.15) is 0 Å². The van der Waals surface area contributed by atoms with E-state index >= 15 is 0 Å². The lowest BCUT2D eigenvalue weighted by Gasteiger charge is -2.08. The average Bonchev–Trinajstić information content (AvgIpc) is 2.11. The van der Waals surface area contributed by atoms with E-state index in [0.29, 0.717) is 11.8 Å². The van der Waals surface area contributed by atoms with E-state index in [1.807, 2.05) is 13.8 Å². The molecule has 0 saturated carbocycles. The van der Waals surface area contributed by atoms with Gasteiger partial charge in [-0.05, 0) is 13.8 Å². The van der Waals surface area contributed by atoms with Crippen LogP contribution in [-0.2, 0) is 3.42 Å². The van der Waals surface area contributed by atoms with Crippen molar-refractivity contribution in [3.63, 3.8) is 0 Å². The maximum atomic E-state index is 5.22. The molecule has 0 atom stereocenters. The molecule has 4 heteroatoms. The summed E-state index contributed by atoms with van der Waals surface area (Å²) in [5.41, 5.74) is 0. The Balaban J connectivity index is 2.96. The number of hydrogen-bond donors (Lipinski definition) is 0. The first-order valence-corrected chi connectivity index (χ1v) is 4.07. The largest absolute Gasteiger partial charge is 0.424 e. The summed E-state index contributed by atoms with van der Waals surface area (Å²) in [4.78, 5) is 0. The van der Waals surface area contributed by atoms with Crippen molar-refractivity contribution >= 4 is 22.6 Å². The first-order valence-electron chi connectivity index (χ1n) is 2.99. The molecule has 1 heterocycles. The highest BCUT2D eigenvalue weighted by atomic mass is 127. The number of nitrogens with zero attached hydrogens (tertiary/aromatic N) is 2. The molecule has 0 aliphatic rings. The summed E-state index contributed by atoms with van der Waals surface area (Å²) >= 11 is 2.26. The molecule has 1 aromatic heterocycles. The van der Waals surface area contributed by atoms with E-state index in [1.165, 1.54) is 0 Å².